The van der Waals surface area contributed by atoms with Gasteiger partial charge in [0, 0.05) is 24.3 Å². The normalized spacial score (nSPS) is 13.0. The van der Waals surface area contributed by atoms with Crippen LogP contribution in [0.25, 0.3) is 11.1 Å². The summed E-state index contributed by atoms with van der Waals surface area (Å²) in [6, 6.07) is 16.5. The van der Waals surface area contributed by atoms with Gasteiger partial charge < -0.3 is 10.1 Å². The van der Waals surface area contributed by atoms with Gasteiger partial charge in [-0.25, -0.2) is 4.79 Å². The van der Waals surface area contributed by atoms with Crippen LogP contribution in [0.4, 0.5) is 4.79 Å². The predicted molar refractivity (Wildman–Crippen MR) is 102 cm³/mol. The summed E-state index contributed by atoms with van der Waals surface area (Å²) in [5, 5.41) is 2.68. The predicted octanol–water partition coefficient (Wildman–Crippen LogP) is 4.53. The molecule has 0 fully saturated rings. The maximum atomic E-state index is 12.0. The Morgan fingerprint density at radius 1 is 0.962 bits per heavy atom. The third-order valence-corrected chi connectivity index (χ3v) is 4.80. The Labute approximate surface area is 154 Å². The van der Waals surface area contributed by atoms with Crippen molar-refractivity contribution < 1.29 is 14.3 Å². The summed E-state index contributed by atoms with van der Waals surface area (Å²) in [6.45, 7) is 6.22. The lowest BCUT2D eigenvalue weighted by atomic mass is 9.89. The van der Waals surface area contributed by atoms with Crippen LogP contribution in [0.2, 0.25) is 0 Å². The first-order valence-electron chi connectivity index (χ1n) is 9.00. The molecule has 0 bridgehead atoms. The van der Waals surface area contributed by atoms with Gasteiger partial charge in [-0.1, -0.05) is 69.3 Å². The van der Waals surface area contributed by atoms with E-state index in [2.05, 4.69) is 29.6 Å². The molecule has 0 heterocycles. The number of ketones is 1. The number of amides is 1. The number of Topliss-reactive ketones (excluding diaryl/α,β-unsaturated/α-hetero) is 1. The van der Waals surface area contributed by atoms with Crippen LogP contribution in [0, 0.1) is 5.41 Å². The molecular formula is C22H25NO3. The standard InChI is InChI=1S/C22H25NO3/c1-22(2,3)20(24)12-13-23-21(25)26-14-19-17-10-6-4-8-15(17)16-9-5-7-11-18(16)19/h4-11,19H,12-14H2,1-3H3,(H,23,25). The number of carbonyl (C=O) groups excluding carboxylic acids is 2. The maximum Gasteiger partial charge on any atom is 0.407 e. The van der Waals surface area contributed by atoms with Gasteiger partial charge in [0.15, 0.2) is 0 Å². The minimum Gasteiger partial charge on any atom is -0.449 e. The van der Waals surface area contributed by atoms with Crippen molar-refractivity contribution in [2.75, 3.05) is 13.2 Å². The highest BCUT2D eigenvalue weighted by Gasteiger charge is 2.29. The van der Waals surface area contributed by atoms with Crippen molar-refractivity contribution in [2.45, 2.75) is 33.1 Å². The summed E-state index contributed by atoms with van der Waals surface area (Å²) in [7, 11) is 0. The molecule has 0 spiro atoms. The third-order valence-electron chi connectivity index (χ3n) is 4.80. The second-order valence-corrected chi connectivity index (χ2v) is 7.68. The fraction of sp³-hybridized carbons (Fsp3) is 0.364. The van der Waals surface area contributed by atoms with Gasteiger partial charge in [0.05, 0.1) is 0 Å². The van der Waals surface area contributed by atoms with E-state index in [0.29, 0.717) is 13.0 Å². The average molecular weight is 351 g/mol. The summed E-state index contributed by atoms with van der Waals surface area (Å²) < 4.78 is 5.45. The number of alkyl carbamates (subject to hydrolysis) is 1. The minimum absolute atomic E-state index is 0.0457. The molecule has 1 amide bonds. The maximum absolute atomic E-state index is 12.0. The second-order valence-electron chi connectivity index (χ2n) is 7.68. The zero-order valence-corrected chi connectivity index (χ0v) is 15.5. The average Bonchev–Trinajstić information content (AvgIpc) is 2.93. The lowest BCUT2D eigenvalue weighted by Gasteiger charge is -2.17. The first-order valence-corrected chi connectivity index (χ1v) is 9.00. The van der Waals surface area contributed by atoms with E-state index in [9.17, 15) is 9.59 Å². The van der Waals surface area contributed by atoms with Gasteiger partial charge in [0.2, 0.25) is 0 Å². The smallest absolute Gasteiger partial charge is 0.407 e. The largest absolute Gasteiger partial charge is 0.449 e. The molecular weight excluding hydrogens is 326 g/mol. The molecule has 0 aromatic heterocycles. The molecule has 1 N–H and O–H groups in total. The number of hydrogen-bond donors (Lipinski definition) is 1. The highest BCUT2D eigenvalue weighted by molar-refractivity contribution is 5.84. The molecule has 0 unspecified atom stereocenters. The van der Waals surface area contributed by atoms with E-state index < -0.39 is 6.09 Å². The topological polar surface area (TPSA) is 55.4 Å². The molecule has 0 radical (unpaired) electrons. The molecule has 0 saturated carbocycles. The number of nitrogens with one attached hydrogen (secondary N) is 1. The van der Waals surface area contributed by atoms with Gasteiger partial charge in [-0.15, -0.1) is 0 Å². The van der Waals surface area contributed by atoms with Gasteiger partial charge in [-0.3, -0.25) is 4.79 Å². The van der Waals surface area contributed by atoms with Crippen LogP contribution < -0.4 is 5.32 Å². The Kier molecular flexibility index (Phi) is 5.12. The van der Waals surface area contributed by atoms with Crippen LogP contribution in [0.15, 0.2) is 48.5 Å². The molecule has 1 aliphatic rings. The fourth-order valence-electron chi connectivity index (χ4n) is 3.30. The van der Waals surface area contributed by atoms with E-state index >= 15 is 0 Å². The van der Waals surface area contributed by atoms with E-state index in [1.807, 2.05) is 45.0 Å². The number of rotatable bonds is 5. The molecule has 4 heteroatoms. The van der Waals surface area contributed by atoms with E-state index in [1.165, 1.54) is 22.3 Å². The Bertz CT molecular complexity index is 775. The summed E-state index contributed by atoms with van der Waals surface area (Å²) in [5.74, 6) is 0.167. The first kappa shape index (κ1) is 18.2. The van der Waals surface area contributed by atoms with Gasteiger partial charge in [-0.2, -0.15) is 0 Å². The highest BCUT2D eigenvalue weighted by atomic mass is 16.5. The first-order chi connectivity index (χ1) is 12.4. The monoisotopic (exact) mass is 351 g/mol. The number of benzene rings is 2. The number of carbonyl (C=O) groups is 2. The molecule has 4 nitrogen and oxygen atoms in total. The molecule has 3 rings (SSSR count). The lowest BCUT2D eigenvalue weighted by Crippen LogP contribution is -2.30. The SMILES string of the molecule is CC(C)(C)C(=O)CCNC(=O)OCC1c2ccccc2-c2ccccc21. The fourth-order valence-corrected chi connectivity index (χ4v) is 3.30. The molecule has 1 aliphatic carbocycles. The Hall–Kier alpha value is -2.62. The molecule has 2 aromatic rings. The van der Waals surface area contributed by atoms with Crippen molar-refractivity contribution >= 4 is 11.9 Å². The highest BCUT2D eigenvalue weighted by Crippen LogP contribution is 2.44. The van der Waals surface area contributed by atoms with E-state index in [1.54, 1.807) is 0 Å². The Balaban J connectivity index is 1.58. The molecule has 136 valence electrons. The van der Waals surface area contributed by atoms with E-state index in [0.717, 1.165) is 0 Å². The molecule has 0 aliphatic heterocycles. The van der Waals surface area contributed by atoms with Crippen molar-refractivity contribution in [3.05, 3.63) is 59.7 Å². The minimum atomic E-state index is -0.478. The summed E-state index contributed by atoms with van der Waals surface area (Å²) in [6.07, 6.45) is -0.165. The number of hydrogen-bond acceptors (Lipinski definition) is 3. The van der Waals surface area contributed by atoms with Crippen molar-refractivity contribution in [3.63, 3.8) is 0 Å². The van der Waals surface area contributed by atoms with E-state index in [4.69, 9.17) is 4.74 Å². The molecule has 2 aromatic carbocycles. The summed E-state index contributed by atoms with van der Waals surface area (Å²) >= 11 is 0. The molecule has 26 heavy (non-hydrogen) atoms. The number of ether oxygens (including phenoxy) is 1. The second kappa shape index (κ2) is 7.32. The van der Waals surface area contributed by atoms with E-state index in [-0.39, 0.29) is 23.7 Å². The van der Waals surface area contributed by atoms with Crippen LogP contribution >= 0.6 is 0 Å². The Morgan fingerprint density at radius 3 is 2.04 bits per heavy atom. The van der Waals surface area contributed by atoms with Crippen LogP contribution in [0.5, 0.6) is 0 Å². The van der Waals surface area contributed by atoms with Crippen molar-refractivity contribution in [3.8, 4) is 11.1 Å². The Morgan fingerprint density at radius 2 is 1.50 bits per heavy atom. The summed E-state index contributed by atoms with van der Waals surface area (Å²) in [5.41, 5.74) is 4.39. The zero-order chi connectivity index (χ0) is 18.7. The third kappa shape index (κ3) is 3.79. The van der Waals surface area contributed by atoms with Gasteiger partial charge in [0.1, 0.15) is 12.4 Å². The van der Waals surface area contributed by atoms with Gasteiger partial charge in [-0.05, 0) is 22.3 Å². The van der Waals surface area contributed by atoms with Crippen LogP contribution in [-0.2, 0) is 9.53 Å². The zero-order valence-electron chi connectivity index (χ0n) is 15.5. The molecule has 0 saturated heterocycles. The molecule has 0 atom stereocenters. The van der Waals surface area contributed by atoms with Crippen molar-refractivity contribution in [1.82, 2.24) is 5.32 Å². The van der Waals surface area contributed by atoms with Crippen molar-refractivity contribution in [2.24, 2.45) is 5.41 Å². The van der Waals surface area contributed by atoms with Gasteiger partial charge >= 0.3 is 6.09 Å². The number of fused-ring (bicyclic) bond motifs is 3. The quantitative estimate of drug-likeness (QED) is 0.861. The van der Waals surface area contributed by atoms with Crippen molar-refractivity contribution in [1.29, 1.82) is 0 Å². The van der Waals surface area contributed by atoms with Crippen LogP contribution in [0.3, 0.4) is 0 Å². The lowest BCUT2D eigenvalue weighted by molar-refractivity contribution is -0.126. The van der Waals surface area contributed by atoms with Crippen LogP contribution in [-0.4, -0.2) is 25.0 Å². The van der Waals surface area contributed by atoms with Crippen LogP contribution in [0.1, 0.15) is 44.2 Å². The summed E-state index contributed by atoms with van der Waals surface area (Å²) in [4.78, 5) is 23.9. The van der Waals surface area contributed by atoms with Gasteiger partial charge in [0.25, 0.3) is 0 Å².